The van der Waals surface area contributed by atoms with E-state index in [4.69, 9.17) is 9.57 Å². The quantitative estimate of drug-likeness (QED) is 0.379. The highest BCUT2D eigenvalue weighted by Gasteiger charge is 2.32. The van der Waals surface area contributed by atoms with Crippen molar-refractivity contribution in [1.82, 2.24) is 0 Å². The van der Waals surface area contributed by atoms with Crippen molar-refractivity contribution in [2.45, 2.75) is 71.1 Å². The van der Waals surface area contributed by atoms with E-state index in [0.29, 0.717) is 11.3 Å². The zero-order valence-corrected chi connectivity index (χ0v) is 14.4. The molecule has 0 aromatic heterocycles. The van der Waals surface area contributed by atoms with Crippen LogP contribution in [-0.4, -0.2) is 38.1 Å². The molecule has 0 aromatic carbocycles. The van der Waals surface area contributed by atoms with E-state index in [0.717, 1.165) is 31.9 Å². The molecule has 0 aliphatic carbocycles. The highest BCUT2D eigenvalue weighted by atomic mass is 16.7. The van der Waals surface area contributed by atoms with E-state index in [2.05, 4.69) is 20.6 Å². The molecular formula is C18H36NO2+. The summed E-state index contributed by atoms with van der Waals surface area (Å²) in [6.07, 6.45) is 13.6. The average Bonchev–Trinajstić information content (AvgIpc) is 2.48. The molecule has 0 bridgehead atoms. The molecule has 3 heteroatoms. The lowest BCUT2D eigenvalue weighted by Crippen LogP contribution is -2.49. The maximum atomic E-state index is 6.01. The predicted molar refractivity (Wildman–Crippen MR) is 88.8 cm³/mol. The van der Waals surface area contributed by atoms with Gasteiger partial charge in [-0.05, 0) is 13.0 Å². The van der Waals surface area contributed by atoms with Gasteiger partial charge in [0.1, 0.15) is 26.8 Å². The lowest BCUT2D eigenvalue weighted by molar-refractivity contribution is -1.07. The number of quaternary nitrogens is 1. The van der Waals surface area contributed by atoms with E-state index < -0.39 is 0 Å². The standard InChI is InChI=1S/C18H36NO2/c1-4-5-6-7-8-9-10-11-12-13-15-21-19(3)14-16-20-17-18(19)2/h2,4-17H2,1,3H3/q+1. The van der Waals surface area contributed by atoms with Crippen LogP contribution in [0.1, 0.15) is 71.1 Å². The summed E-state index contributed by atoms with van der Waals surface area (Å²) in [5.74, 6) is 0. The summed E-state index contributed by atoms with van der Waals surface area (Å²) in [5.41, 5.74) is 1.04. The van der Waals surface area contributed by atoms with Crippen molar-refractivity contribution in [2.75, 3.05) is 33.4 Å². The van der Waals surface area contributed by atoms with Crippen LogP contribution in [-0.2, 0) is 9.57 Å². The van der Waals surface area contributed by atoms with Crippen molar-refractivity contribution in [3.8, 4) is 0 Å². The summed E-state index contributed by atoms with van der Waals surface area (Å²) < 4.78 is 5.93. The van der Waals surface area contributed by atoms with Gasteiger partial charge in [-0.1, -0.05) is 64.7 Å². The van der Waals surface area contributed by atoms with Crippen molar-refractivity contribution in [1.29, 1.82) is 0 Å². The zero-order valence-electron chi connectivity index (χ0n) is 14.4. The van der Waals surface area contributed by atoms with E-state index in [1.54, 1.807) is 0 Å². The Kier molecular flexibility index (Phi) is 9.98. The van der Waals surface area contributed by atoms with Gasteiger partial charge in [0.15, 0.2) is 5.70 Å². The zero-order chi connectivity index (χ0) is 15.4. The number of unbranched alkanes of at least 4 members (excludes halogenated alkanes) is 9. The third-order valence-corrected chi connectivity index (χ3v) is 4.47. The summed E-state index contributed by atoms with van der Waals surface area (Å²) in [6.45, 7) is 9.46. The van der Waals surface area contributed by atoms with Gasteiger partial charge in [-0.15, -0.1) is 0 Å². The number of ether oxygens (including phenoxy) is 1. The average molecular weight is 298 g/mol. The van der Waals surface area contributed by atoms with Crippen molar-refractivity contribution in [2.24, 2.45) is 0 Å². The Morgan fingerprint density at radius 2 is 1.57 bits per heavy atom. The van der Waals surface area contributed by atoms with Gasteiger partial charge < -0.3 is 4.74 Å². The number of rotatable bonds is 12. The molecule has 1 rings (SSSR count). The molecule has 3 nitrogen and oxygen atoms in total. The molecule has 0 radical (unpaired) electrons. The first-order valence-electron chi connectivity index (χ1n) is 8.95. The molecule has 0 amide bonds. The van der Waals surface area contributed by atoms with E-state index in [9.17, 15) is 0 Å². The maximum Gasteiger partial charge on any atom is 0.160 e. The van der Waals surface area contributed by atoms with E-state index in [1.165, 1.54) is 57.8 Å². The highest BCUT2D eigenvalue weighted by Crippen LogP contribution is 2.19. The largest absolute Gasteiger partial charge is 0.365 e. The number of morpholine rings is 1. The lowest BCUT2D eigenvalue weighted by Gasteiger charge is -2.35. The minimum absolute atomic E-state index is 0.539. The van der Waals surface area contributed by atoms with Crippen LogP contribution in [0, 0.1) is 0 Å². The summed E-state index contributed by atoms with van der Waals surface area (Å²) >= 11 is 0. The Morgan fingerprint density at radius 3 is 2.14 bits per heavy atom. The Balaban J connectivity index is 1.89. The molecule has 0 spiro atoms. The first-order chi connectivity index (χ1) is 10.2. The molecule has 1 atom stereocenters. The number of nitrogens with zero attached hydrogens (tertiary/aromatic N) is 1. The number of hydroxylamine groups is 3. The normalized spacial score (nSPS) is 22.7. The molecule has 0 saturated carbocycles. The fraction of sp³-hybridized carbons (Fsp3) is 0.889. The van der Waals surface area contributed by atoms with Gasteiger partial charge in [0.05, 0.1) is 6.61 Å². The number of hydrogen-bond donors (Lipinski definition) is 0. The first kappa shape index (κ1) is 18.7. The van der Waals surface area contributed by atoms with Gasteiger partial charge in [0.25, 0.3) is 0 Å². The van der Waals surface area contributed by atoms with Gasteiger partial charge in [-0.2, -0.15) is 9.48 Å². The molecule has 1 unspecified atom stereocenters. The molecular weight excluding hydrogens is 262 g/mol. The molecule has 0 N–H and O–H groups in total. The Hall–Kier alpha value is -0.380. The maximum absolute atomic E-state index is 6.01. The van der Waals surface area contributed by atoms with Gasteiger partial charge in [-0.25, -0.2) is 0 Å². The summed E-state index contributed by atoms with van der Waals surface area (Å²) in [4.78, 5) is 6.01. The van der Waals surface area contributed by atoms with Crippen LogP contribution < -0.4 is 0 Å². The van der Waals surface area contributed by atoms with Crippen LogP contribution in [0.5, 0.6) is 0 Å². The third-order valence-electron chi connectivity index (χ3n) is 4.47. The fourth-order valence-electron chi connectivity index (χ4n) is 2.73. The molecule has 1 aliphatic heterocycles. The van der Waals surface area contributed by atoms with Crippen LogP contribution in [0.3, 0.4) is 0 Å². The molecule has 1 heterocycles. The second-order valence-corrected chi connectivity index (χ2v) is 6.46. The smallest absolute Gasteiger partial charge is 0.160 e. The van der Waals surface area contributed by atoms with E-state index in [1.807, 2.05) is 0 Å². The predicted octanol–water partition coefficient (Wildman–Crippen LogP) is 4.83. The monoisotopic (exact) mass is 298 g/mol. The SMILES string of the molecule is C=C1COCC[N+]1(C)OCCCCCCCCCCCC. The van der Waals surface area contributed by atoms with E-state index >= 15 is 0 Å². The van der Waals surface area contributed by atoms with Crippen molar-refractivity contribution in [3.63, 3.8) is 0 Å². The molecule has 21 heavy (non-hydrogen) atoms. The minimum Gasteiger partial charge on any atom is -0.365 e. The lowest BCUT2D eigenvalue weighted by atomic mass is 10.1. The molecule has 124 valence electrons. The van der Waals surface area contributed by atoms with Crippen molar-refractivity contribution < 1.29 is 14.2 Å². The van der Waals surface area contributed by atoms with Crippen LogP contribution >= 0.6 is 0 Å². The van der Waals surface area contributed by atoms with Gasteiger partial charge >= 0.3 is 0 Å². The minimum atomic E-state index is 0.539. The third kappa shape index (κ3) is 7.98. The van der Waals surface area contributed by atoms with Crippen molar-refractivity contribution in [3.05, 3.63) is 12.3 Å². The summed E-state index contributed by atoms with van der Waals surface area (Å²) in [5, 5.41) is 0. The highest BCUT2D eigenvalue weighted by molar-refractivity contribution is 4.83. The van der Waals surface area contributed by atoms with Gasteiger partial charge in [-0.3, -0.25) is 0 Å². The first-order valence-corrected chi connectivity index (χ1v) is 8.95. The van der Waals surface area contributed by atoms with Gasteiger partial charge in [0.2, 0.25) is 0 Å². The molecule has 1 fully saturated rings. The summed E-state index contributed by atoms with van der Waals surface area (Å²) in [6, 6.07) is 0. The molecule has 1 saturated heterocycles. The van der Waals surface area contributed by atoms with E-state index in [-0.39, 0.29) is 0 Å². The second-order valence-electron chi connectivity index (χ2n) is 6.46. The van der Waals surface area contributed by atoms with Gasteiger partial charge in [0, 0.05) is 0 Å². The Morgan fingerprint density at radius 1 is 1.00 bits per heavy atom. The fourth-order valence-corrected chi connectivity index (χ4v) is 2.73. The number of hydrogen-bond acceptors (Lipinski definition) is 2. The Labute approximate surface area is 131 Å². The molecule has 1 aliphatic rings. The second kappa shape index (κ2) is 11.2. The van der Waals surface area contributed by atoms with Crippen molar-refractivity contribution >= 4 is 0 Å². The van der Waals surface area contributed by atoms with Crippen LogP contribution in [0.2, 0.25) is 0 Å². The summed E-state index contributed by atoms with van der Waals surface area (Å²) in [7, 11) is 2.10. The molecule has 0 aromatic rings. The van der Waals surface area contributed by atoms with Crippen LogP contribution in [0.25, 0.3) is 0 Å². The number of likely N-dealkylation sites (N-methyl/N-ethyl adjacent to an activating group) is 1. The van der Waals surface area contributed by atoms with Crippen LogP contribution in [0.4, 0.5) is 0 Å². The van der Waals surface area contributed by atoms with Crippen LogP contribution in [0.15, 0.2) is 12.3 Å². The topological polar surface area (TPSA) is 18.5 Å². The Bertz CT molecular complexity index is 280.